The Bertz CT molecular complexity index is 335. The highest BCUT2D eigenvalue weighted by atomic mass is 32.1. The van der Waals surface area contributed by atoms with Crippen molar-refractivity contribution in [2.75, 3.05) is 0 Å². The van der Waals surface area contributed by atoms with Gasteiger partial charge in [-0.15, -0.1) is 0 Å². The molecule has 0 amide bonds. The molecule has 0 saturated heterocycles. The minimum atomic E-state index is 0.475. The van der Waals surface area contributed by atoms with E-state index in [1.54, 1.807) is 0 Å². The first-order valence-electron chi connectivity index (χ1n) is 5.35. The van der Waals surface area contributed by atoms with E-state index in [0.29, 0.717) is 12.0 Å². The fourth-order valence-corrected chi connectivity index (χ4v) is 1.88. The monoisotopic (exact) mass is 212 g/mol. The zero-order valence-electron chi connectivity index (χ0n) is 9.50. The van der Waals surface area contributed by atoms with E-state index in [9.17, 15) is 0 Å². The second kappa shape index (κ2) is 4.78. The predicted molar refractivity (Wildman–Crippen MR) is 63.2 cm³/mol. The number of nitrogens with one attached hydrogen (secondary N) is 1. The fraction of sp³-hybridized carbons (Fsp3) is 0.727. The SMILES string of the molecule is CCC(C)n1[nH]c(CC(C)C)cc1=S. The molecular formula is C11H20N2S. The molecule has 80 valence electrons. The van der Waals surface area contributed by atoms with Crippen molar-refractivity contribution in [3.63, 3.8) is 0 Å². The van der Waals surface area contributed by atoms with Crippen LogP contribution < -0.4 is 0 Å². The van der Waals surface area contributed by atoms with Gasteiger partial charge >= 0.3 is 0 Å². The van der Waals surface area contributed by atoms with Gasteiger partial charge in [0.25, 0.3) is 0 Å². The van der Waals surface area contributed by atoms with Gasteiger partial charge < -0.3 is 5.10 Å². The van der Waals surface area contributed by atoms with Crippen molar-refractivity contribution in [2.45, 2.75) is 46.6 Å². The highest BCUT2D eigenvalue weighted by Gasteiger charge is 2.06. The molecule has 0 fully saturated rings. The zero-order valence-corrected chi connectivity index (χ0v) is 10.3. The summed E-state index contributed by atoms with van der Waals surface area (Å²) in [6.45, 7) is 8.80. The van der Waals surface area contributed by atoms with Crippen LogP contribution in [-0.4, -0.2) is 9.78 Å². The van der Waals surface area contributed by atoms with Crippen LogP contribution in [0.4, 0.5) is 0 Å². The molecule has 0 aromatic carbocycles. The largest absolute Gasteiger partial charge is 0.301 e. The van der Waals surface area contributed by atoms with Crippen LogP contribution in [0.15, 0.2) is 6.07 Å². The standard InChI is InChI=1S/C11H20N2S/c1-5-9(4)13-11(14)7-10(12-13)6-8(2)3/h7-9,12H,5-6H2,1-4H3. The quantitative estimate of drug-likeness (QED) is 0.754. The summed E-state index contributed by atoms with van der Waals surface area (Å²) < 4.78 is 3.02. The fourth-order valence-electron chi connectivity index (χ4n) is 1.52. The molecule has 1 unspecified atom stereocenters. The van der Waals surface area contributed by atoms with E-state index in [1.807, 2.05) is 0 Å². The Morgan fingerprint density at radius 2 is 2.07 bits per heavy atom. The van der Waals surface area contributed by atoms with E-state index in [4.69, 9.17) is 12.2 Å². The summed E-state index contributed by atoms with van der Waals surface area (Å²) in [5.41, 5.74) is 1.25. The number of hydrogen-bond acceptors (Lipinski definition) is 1. The number of hydrogen-bond donors (Lipinski definition) is 1. The molecule has 0 spiro atoms. The van der Waals surface area contributed by atoms with Crippen molar-refractivity contribution in [1.82, 2.24) is 9.78 Å². The van der Waals surface area contributed by atoms with Crippen molar-refractivity contribution < 1.29 is 0 Å². The van der Waals surface area contributed by atoms with Crippen molar-refractivity contribution >= 4 is 12.2 Å². The first-order chi connectivity index (χ1) is 6.54. The molecule has 1 aromatic rings. The van der Waals surface area contributed by atoms with Crippen LogP contribution in [0.1, 0.15) is 45.9 Å². The molecule has 0 aliphatic rings. The van der Waals surface area contributed by atoms with Gasteiger partial charge in [-0.25, -0.2) is 0 Å². The summed E-state index contributed by atoms with van der Waals surface area (Å²) in [5.74, 6) is 0.674. The predicted octanol–water partition coefficient (Wildman–Crippen LogP) is 3.72. The lowest BCUT2D eigenvalue weighted by Gasteiger charge is -2.10. The molecule has 0 bridgehead atoms. The third kappa shape index (κ3) is 2.71. The lowest BCUT2D eigenvalue weighted by molar-refractivity contribution is 0.465. The maximum atomic E-state index is 5.30. The minimum absolute atomic E-state index is 0.475. The summed E-state index contributed by atoms with van der Waals surface area (Å²) in [7, 11) is 0. The maximum absolute atomic E-state index is 5.30. The number of H-pyrrole nitrogens is 1. The number of nitrogens with zero attached hydrogens (tertiary/aromatic N) is 1. The second-order valence-corrected chi connectivity index (χ2v) is 4.76. The topological polar surface area (TPSA) is 20.7 Å². The van der Waals surface area contributed by atoms with Crippen LogP contribution in [0.25, 0.3) is 0 Å². The second-order valence-electron chi connectivity index (χ2n) is 4.34. The highest BCUT2D eigenvalue weighted by Crippen LogP contribution is 2.13. The Balaban J connectivity index is 2.88. The molecule has 14 heavy (non-hydrogen) atoms. The lowest BCUT2D eigenvalue weighted by atomic mass is 10.1. The highest BCUT2D eigenvalue weighted by molar-refractivity contribution is 7.71. The van der Waals surface area contributed by atoms with Gasteiger partial charge in [0.05, 0.1) is 0 Å². The molecule has 0 radical (unpaired) electrons. The van der Waals surface area contributed by atoms with Gasteiger partial charge in [-0.3, -0.25) is 4.68 Å². The van der Waals surface area contributed by atoms with Crippen molar-refractivity contribution in [2.24, 2.45) is 5.92 Å². The minimum Gasteiger partial charge on any atom is -0.301 e. The van der Waals surface area contributed by atoms with Crippen LogP contribution >= 0.6 is 12.2 Å². The molecule has 1 heterocycles. The Morgan fingerprint density at radius 3 is 2.57 bits per heavy atom. The van der Waals surface area contributed by atoms with Gasteiger partial charge in [-0.2, -0.15) is 0 Å². The van der Waals surface area contributed by atoms with Crippen molar-refractivity contribution in [3.8, 4) is 0 Å². The molecular weight excluding hydrogens is 192 g/mol. The summed E-state index contributed by atoms with van der Waals surface area (Å²) in [6, 6.07) is 2.56. The van der Waals surface area contributed by atoms with Gasteiger partial charge in [0, 0.05) is 11.7 Å². The van der Waals surface area contributed by atoms with E-state index in [-0.39, 0.29) is 0 Å². The average molecular weight is 212 g/mol. The maximum Gasteiger partial charge on any atom is 0.122 e. The summed E-state index contributed by atoms with van der Waals surface area (Å²) in [4.78, 5) is 0. The Kier molecular flexibility index (Phi) is 3.93. The molecule has 1 aromatic heterocycles. The number of aromatic nitrogens is 2. The van der Waals surface area contributed by atoms with Gasteiger partial charge in [0.2, 0.25) is 0 Å². The molecule has 1 N–H and O–H groups in total. The van der Waals surface area contributed by atoms with E-state index < -0.39 is 0 Å². The van der Waals surface area contributed by atoms with Crippen LogP contribution in [0.2, 0.25) is 0 Å². The van der Waals surface area contributed by atoms with Gasteiger partial charge in [0.15, 0.2) is 0 Å². The first-order valence-corrected chi connectivity index (χ1v) is 5.75. The van der Waals surface area contributed by atoms with Gasteiger partial charge in [-0.1, -0.05) is 33.0 Å². The molecule has 0 saturated carbocycles. The van der Waals surface area contributed by atoms with Gasteiger partial charge in [0.1, 0.15) is 4.64 Å². The molecule has 3 heteroatoms. The first kappa shape index (κ1) is 11.5. The Hall–Kier alpha value is -0.570. The van der Waals surface area contributed by atoms with Crippen LogP contribution in [0.3, 0.4) is 0 Å². The molecule has 1 atom stereocenters. The van der Waals surface area contributed by atoms with Crippen molar-refractivity contribution in [1.29, 1.82) is 0 Å². The number of rotatable bonds is 4. The van der Waals surface area contributed by atoms with E-state index >= 15 is 0 Å². The van der Waals surface area contributed by atoms with Crippen LogP contribution in [-0.2, 0) is 6.42 Å². The van der Waals surface area contributed by atoms with Crippen LogP contribution in [0, 0.1) is 10.6 Å². The third-order valence-corrected chi connectivity index (χ3v) is 2.77. The zero-order chi connectivity index (χ0) is 10.7. The van der Waals surface area contributed by atoms with E-state index in [1.165, 1.54) is 5.69 Å². The molecule has 2 nitrogen and oxygen atoms in total. The average Bonchev–Trinajstić information content (AvgIpc) is 2.44. The number of aromatic amines is 1. The van der Waals surface area contributed by atoms with E-state index in [0.717, 1.165) is 17.5 Å². The van der Waals surface area contributed by atoms with Gasteiger partial charge in [-0.05, 0) is 31.7 Å². The molecule has 1 rings (SSSR count). The molecule has 0 aliphatic carbocycles. The summed E-state index contributed by atoms with van der Waals surface area (Å²) >= 11 is 5.30. The molecule has 0 aliphatic heterocycles. The summed E-state index contributed by atoms with van der Waals surface area (Å²) in [6.07, 6.45) is 2.18. The third-order valence-electron chi connectivity index (χ3n) is 2.46. The van der Waals surface area contributed by atoms with Crippen molar-refractivity contribution in [3.05, 3.63) is 16.4 Å². The summed E-state index contributed by atoms with van der Waals surface area (Å²) in [5, 5.41) is 3.38. The van der Waals surface area contributed by atoms with Crippen LogP contribution in [0.5, 0.6) is 0 Å². The Morgan fingerprint density at radius 1 is 1.43 bits per heavy atom. The Labute approximate surface area is 91.3 Å². The van der Waals surface area contributed by atoms with E-state index in [2.05, 4.69) is 43.5 Å². The smallest absolute Gasteiger partial charge is 0.122 e. The lowest BCUT2D eigenvalue weighted by Crippen LogP contribution is -2.06. The normalized spacial score (nSPS) is 13.5.